The van der Waals surface area contributed by atoms with Crippen LogP contribution in [-0.2, 0) is 0 Å². The van der Waals surface area contributed by atoms with Crippen LogP contribution in [0.2, 0.25) is 0 Å². The second kappa shape index (κ2) is 9.77. The minimum Gasteiger partial charge on any atom is -0.368 e. The van der Waals surface area contributed by atoms with Crippen LogP contribution < -0.4 is 9.80 Å². The fourth-order valence-electron chi connectivity index (χ4n) is 4.14. The zero-order valence-corrected chi connectivity index (χ0v) is 19.4. The number of carbonyl (C=O) groups is 2. The molecule has 0 atom stereocenters. The second-order valence-corrected chi connectivity index (χ2v) is 8.44. The molecule has 0 saturated carbocycles. The molecule has 4 rings (SSSR count). The van der Waals surface area contributed by atoms with E-state index in [1.807, 2.05) is 84.7 Å². The molecule has 0 bridgehead atoms. The fraction of sp³-hybridized carbons (Fsp3) is 0.259. The van der Waals surface area contributed by atoms with Crippen molar-refractivity contribution in [1.82, 2.24) is 9.80 Å². The quantitative estimate of drug-likeness (QED) is 0.596. The van der Waals surface area contributed by atoms with Crippen LogP contribution in [0.3, 0.4) is 0 Å². The van der Waals surface area contributed by atoms with Crippen molar-refractivity contribution in [3.8, 4) is 0 Å². The molecule has 3 aromatic rings. The van der Waals surface area contributed by atoms with Gasteiger partial charge >= 0.3 is 0 Å². The number of piperazine rings is 1. The molecule has 0 aliphatic carbocycles. The van der Waals surface area contributed by atoms with Crippen LogP contribution in [0.15, 0.2) is 78.9 Å². The molecule has 0 spiro atoms. The zero-order chi connectivity index (χ0) is 23.4. The number of rotatable bonds is 5. The Kier molecular flexibility index (Phi) is 6.63. The Morgan fingerprint density at radius 3 is 1.97 bits per heavy atom. The van der Waals surface area contributed by atoms with Gasteiger partial charge in [-0.1, -0.05) is 36.4 Å². The van der Waals surface area contributed by atoms with E-state index in [4.69, 9.17) is 0 Å². The van der Waals surface area contributed by atoms with Crippen LogP contribution in [-0.4, -0.2) is 68.9 Å². The molecule has 0 aromatic heterocycles. The van der Waals surface area contributed by atoms with Gasteiger partial charge in [-0.25, -0.2) is 0 Å². The summed E-state index contributed by atoms with van der Waals surface area (Å²) in [5, 5.41) is 0. The smallest absolute Gasteiger partial charge is 0.255 e. The normalized spacial score (nSPS) is 13.5. The molecule has 0 radical (unpaired) electrons. The largest absolute Gasteiger partial charge is 0.368 e. The van der Waals surface area contributed by atoms with Crippen molar-refractivity contribution in [2.45, 2.75) is 0 Å². The number of para-hydroxylation sites is 1. The van der Waals surface area contributed by atoms with Crippen molar-refractivity contribution in [1.29, 1.82) is 0 Å². The maximum absolute atomic E-state index is 12.9. The maximum atomic E-state index is 12.9. The Morgan fingerprint density at radius 1 is 0.758 bits per heavy atom. The number of carbonyl (C=O) groups excluding carboxylic acids is 2. The third-order valence-electron chi connectivity index (χ3n) is 6.08. The van der Waals surface area contributed by atoms with E-state index < -0.39 is 0 Å². The SMILES string of the molecule is CN(C)C(=O)c1ccc(N2CCN(C(=O)c3ccccc3)CC2)cc1N(C)c1ccccc1. The molecule has 1 aliphatic rings. The van der Waals surface area contributed by atoms with Crippen LogP contribution >= 0.6 is 0 Å². The molecule has 33 heavy (non-hydrogen) atoms. The molecule has 170 valence electrons. The Hall–Kier alpha value is -3.80. The lowest BCUT2D eigenvalue weighted by atomic mass is 10.1. The van der Waals surface area contributed by atoms with Gasteiger partial charge in [0.25, 0.3) is 11.8 Å². The van der Waals surface area contributed by atoms with E-state index >= 15 is 0 Å². The summed E-state index contributed by atoms with van der Waals surface area (Å²) in [5.74, 6) is 0.0456. The van der Waals surface area contributed by atoms with Crippen molar-refractivity contribution in [3.05, 3.63) is 90.0 Å². The first kappa shape index (κ1) is 22.4. The summed E-state index contributed by atoms with van der Waals surface area (Å²) in [4.78, 5) is 33.5. The highest BCUT2D eigenvalue weighted by atomic mass is 16.2. The van der Waals surface area contributed by atoms with Crippen molar-refractivity contribution >= 4 is 28.9 Å². The average Bonchev–Trinajstić information content (AvgIpc) is 2.88. The van der Waals surface area contributed by atoms with Gasteiger partial charge < -0.3 is 19.6 Å². The number of anilines is 3. The highest BCUT2D eigenvalue weighted by Crippen LogP contribution is 2.32. The van der Waals surface area contributed by atoms with Gasteiger partial charge in [-0.2, -0.15) is 0 Å². The first-order valence-electron chi connectivity index (χ1n) is 11.2. The topological polar surface area (TPSA) is 47.1 Å². The van der Waals surface area contributed by atoms with Crippen molar-refractivity contribution in [3.63, 3.8) is 0 Å². The van der Waals surface area contributed by atoms with E-state index in [0.29, 0.717) is 18.7 Å². The summed E-state index contributed by atoms with van der Waals surface area (Å²) < 4.78 is 0. The predicted molar refractivity (Wildman–Crippen MR) is 134 cm³/mol. The van der Waals surface area contributed by atoms with E-state index in [1.165, 1.54) is 0 Å². The van der Waals surface area contributed by atoms with Crippen LogP contribution in [0.1, 0.15) is 20.7 Å². The standard InChI is InChI=1S/C27H30N4O2/c1-28(2)27(33)24-15-14-23(20-25(24)29(3)22-12-8-5-9-13-22)30-16-18-31(19-17-30)26(32)21-10-6-4-7-11-21/h4-15,20H,16-19H2,1-3H3. The minimum absolute atomic E-state index is 0.0300. The molecule has 6 heteroatoms. The van der Waals surface area contributed by atoms with Crippen LogP contribution in [0.5, 0.6) is 0 Å². The van der Waals surface area contributed by atoms with Crippen LogP contribution in [0.25, 0.3) is 0 Å². The van der Waals surface area contributed by atoms with Gasteiger partial charge in [0, 0.05) is 64.3 Å². The lowest BCUT2D eigenvalue weighted by molar-refractivity contribution is 0.0746. The molecule has 3 aromatic carbocycles. The molecule has 1 aliphatic heterocycles. The molecule has 1 heterocycles. The van der Waals surface area contributed by atoms with Gasteiger partial charge in [0.05, 0.1) is 11.3 Å². The Balaban J connectivity index is 1.56. The predicted octanol–water partition coefficient (Wildman–Crippen LogP) is 4.12. The molecule has 6 nitrogen and oxygen atoms in total. The summed E-state index contributed by atoms with van der Waals surface area (Å²) in [5.41, 5.74) is 4.31. The lowest BCUT2D eigenvalue weighted by Crippen LogP contribution is -2.48. The number of amides is 2. The summed E-state index contributed by atoms with van der Waals surface area (Å²) >= 11 is 0. The third-order valence-corrected chi connectivity index (χ3v) is 6.08. The zero-order valence-electron chi connectivity index (χ0n) is 19.4. The third kappa shape index (κ3) is 4.85. The molecule has 2 amide bonds. The van der Waals surface area contributed by atoms with E-state index in [2.05, 4.69) is 15.9 Å². The van der Waals surface area contributed by atoms with Crippen LogP contribution in [0, 0.1) is 0 Å². The molecular formula is C27H30N4O2. The van der Waals surface area contributed by atoms with Crippen LogP contribution in [0.4, 0.5) is 17.1 Å². The van der Waals surface area contributed by atoms with Gasteiger partial charge in [0.2, 0.25) is 0 Å². The van der Waals surface area contributed by atoms with E-state index in [1.54, 1.807) is 19.0 Å². The van der Waals surface area contributed by atoms with Crippen molar-refractivity contribution in [2.24, 2.45) is 0 Å². The average molecular weight is 443 g/mol. The Labute approximate surface area is 195 Å². The molecule has 1 saturated heterocycles. The number of benzene rings is 3. The summed E-state index contributed by atoms with van der Waals surface area (Å²) in [7, 11) is 5.52. The highest BCUT2D eigenvalue weighted by Gasteiger charge is 2.24. The summed E-state index contributed by atoms with van der Waals surface area (Å²) in [6.45, 7) is 2.81. The summed E-state index contributed by atoms with van der Waals surface area (Å²) in [6.07, 6.45) is 0. The highest BCUT2D eigenvalue weighted by molar-refractivity contribution is 6.01. The Morgan fingerprint density at radius 2 is 1.36 bits per heavy atom. The van der Waals surface area contributed by atoms with Crippen molar-refractivity contribution in [2.75, 3.05) is 57.1 Å². The fourth-order valence-corrected chi connectivity index (χ4v) is 4.14. The molecule has 1 fully saturated rings. The number of hydrogen-bond acceptors (Lipinski definition) is 4. The number of nitrogens with zero attached hydrogens (tertiary/aromatic N) is 4. The first-order valence-corrected chi connectivity index (χ1v) is 11.2. The monoisotopic (exact) mass is 442 g/mol. The van der Waals surface area contributed by atoms with E-state index in [0.717, 1.165) is 35.7 Å². The Bertz CT molecular complexity index is 1110. The van der Waals surface area contributed by atoms with Gasteiger partial charge in [0.1, 0.15) is 0 Å². The van der Waals surface area contributed by atoms with Gasteiger partial charge in [-0.3, -0.25) is 9.59 Å². The molecule has 0 N–H and O–H groups in total. The second-order valence-electron chi connectivity index (χ2n) is 8.44. The van der Waals surface area contributed by atoms with E-state index in [9.17, 15) is 9.59 Å². The molecular weight excluding hydrogens is 412 g/mol. The maximum Gasteiger partial charge on any atom is 0.255 e. The first-order chi connectivity index (χ1) is 16.0. The molecule has 0 unspecified atom stereocenters. The summed E-state index contributed by atoms with van der Waals surface area (Å²) in [6, 6.07) is 25.5. The lowest BCUT2D eigenvalue weighted by Gasteiger charge is -2.37. The number of hydrogen-bond donors (Lipinski definition) is 0. The van der Waals surface area contributed by atoms with Gasteiger partial charge in [-0.05, 0) is 42.5 Å². The minimum atomic E-state index is -0.0300. The van der Waals surface area contributed by atoms with Crippen molar-refractivity contribution < 1.29 is 9.59 Å². The van der Waals surface area contributed by atoms with Gasteiger partial charge in [-0.15, -0.1) is 0 Å². The van der Waals surface area contributed by atoms with Gasteiger partial charge in [0.15, 0.2) is 0 Å². The van der Waals surface area contributed by atoms with E-state index in [-0.39, 0.29) is 11.8 Å².